The van der Waals surface area contributed by atoms with E-state index < -0.39 is 29.5 Å². The first kappa shape index (κ1) is 16.5. The molecule has 0 atom stereocenters. The van der Waals surface area contributed by atoms with E-state index in [1.54, 1.807) is 0 Å². The topological polar surface area (TPSA) is 121 Å². The normalized spacial score (nSPS) is 12.9. The third kappa shape index (κ3) is 2.68. The highest BCUT2D eigenvalue weighted by Crippen LogP contribution is 2.28. The number of carboxylic acids is 1. The van der Waals surface area contributed by atoms with Gasteiger partial charge < -0.3 is 15.1 Å². The molecule has 2 amide bonds. The van der Waals surface area contributed by atoms with Crippen molar-refractivity contribution in [3.63, 3.8) is 0 Å². The summed E-state index contributed by atoms with van der Waals surface area (Å²) in [4.78, 5) is 52.7. The number of carbonyl (C=O) groups excluding carboxylic acids is 3. The number of fused-ring (bicyclic) bond motifs is 1. The molecule has 2 aromatic rings. The minimum Gasteiger partial charge on any atom is -0.507 e. The van der Waals surface area contributed by atoms with Gasteiger partial charge in [0.25, 0.3) is 11.8 Å². The molecule has 126 valence electrons. The smallest absolute Gasteiger partial charge is 0.367 e. The van der Waals surface area contributed by atoms with E-state index in [-0.39, 0.29) is 32.3 Å². The predicted octanol–water partition coefficient (Wildman–Crippen LogP) is 2.11. The Hall–Kier alpha value is -3.39. The first-order valence-corrected chi connectivity index (χ1v) is 7.15. The second kappa shape index (κ2) is 5.91. The Balaban J connectivity index is 1.95. The van der Waals surface area contributed by atoms with Gasteiger partial charge in [-0.1, -0.05) is 22.7 Å². The monoisotopic (exact) mass is 361 g/mol. The number of imide groups is 1. The van der Waals surface area contributed by atoms with E-state index in [1.807, 2.05) is 0 Å². The van der Waals surface area contributed by atoms with Crippen molar-refractivity contribution in [1.82, 2.24) is 5.06 Å². The summed E-state index contributed by atoms with van der Waals surface area (Å²) < 4.78 is 0. The maximum Gasteiger partial charge on any atom is 0.367 e. The van der Waals surface area contributed by atoms with Crippen molar-refractivity contribution >= 4 is 35.4 Å². The number of carboxylic acid groups (broad SMARTS) is 1. The Morgan fingerprint density at radius 2 is 1.76 bits per heavy atom. The molecule has 25 heavy (non-hydrogen) atoms. The van der Waals surface area contributed by atoms with Gasteiger partial charge in [0.15, 0.2) is 0 Å². The van der Waals surface area contributed by atoms with Gasteiger partial charge in [-0.15, -0.1) is 0 Å². The molecule has 0 spiro atoms. The van der Waals surface area contributed by atoms with Gasteiger partial charge in [-0.2, -0.15) is 0 Å². The lowest BCUT2D eigenvalue weighted by Crippen LogP contribution is -2.33. The van der Waals surface area contributed by atoms with E-state index in [4.69, 9.17) is 21.5 Å². The number of aromatic hydroxyl groups is 1. The number of hydrogen-bond acceptors (Lipinski definition) is 6. The summed E-state index contributed by atoms with van der Waals surface area (Å²) in [5.74, 6) is -5.15. The molecule has 0 saturated carbocycles. The van der Waals surface area contributed by atoms with Crippen LogP contribution in [-0.4, -0.2) is 39.0 Å². The van der Waals surface area contributed by atoms with Gasteiger partial charge in [0, 0.05) is 5.02 Å². The van der Waals surface area contributed by atoms with Gasteiger partial charge >= 0.3 is 11.9 Å². The van der Waals surface area contributed by atoms with Crippen molar-refractivity contribution in [2.45, 2.75) is 0 Å². The van der Waals surface area contributed by atoms with Crippen molar-refractivity contribution in [2.75, 3.05) is 0 Å². The van der Waals surface area contributed by atoms with Crippen LogP contribution in [0, 0.1) is 0 Å². The number of nitrogens with zero attached hydrogens (tertiary/aromatic N) is 1. The average molecular weight is 362 g/mol. The molecule has 0 unspecified atom stereocenters. The maximum atomic E-state index is 12.3. The van der Waals surface area contributed by atoms with Crippen LogP contribution in [0.5, 0.6) is 5.75 Å². The molecular weight excluding hydrogens is 354 g/mol. The molecule has 0 saturated heterocycles. The van der Waals surface area contributed by atoms with Gasteiger partial charge in [-0.3, -0.25) is 9.59 Å². The molecule has 3 rings (SSSR count). The summed E-state index contributed by atoms with van der Waals surface area (Å²) >= 11 is 5.73. The van der Waals surface area contributed by atoms with E-state index in [0.29, 0.717) is 0 Å². The number of hydroxylamine groups is 2. The second-order valence-electron chi connectivity index (χ2n) is 4.98. The largest absolute Gasteiger partial charge is 0.507 e. The molecule has 2 N–H and O–H groups in total. The van der Waals surface area contributed by atoms with Crippen molar-refractivity contribution in [1.29, 1.82) is 0 Å². The van der Waals surface area contributed by atoms with Gasteiger partial charge in [-0.05, 0) is 30.3 Å². The lowest BCUT2D eigenvalue weighted by atomic mass is 10.0. The fraction of sp³-hybridized carbons (Fsp3) is 0. The van der Waals surface area contributed by atoms with Crippen LogP contribution in [0.1, 0.15) is 41.4 Å². The van der Waals surface area contributed by atoms with Crippen LogP contribution in [0.3, 0.4) is 0 Å². The quantitative estimate of drug-likeness (QED) is 0.803. The zero-order chi connectivity index (χ0) is 18.3. The maximum absolute atomic E-state index is 12.3. The highest BCUT2D eigenvalue weighted by Gasteiger charge is 2.42. The third-order valence-electron chi connectivity index (χ3n) is 3.46. The first-order chi connectivity index (χ1) is 11.8. The SMILES string of the molecule is O=C(ON1C(=O)c2cccc(C(=O)O)c2C1=O)c1cc(Cl)ccc1O. The van der Waals surface area contributed by atoms with E-state index >= 15 is 0 Å². The number of amides is 2. The molecule has 0 bridgehead atoms. The van der Waals surface area contributed by atoms with Crippen molar-refractivity contribution < 1.29 is 34.2 Å². The fourth-order valence-corrected chi connectivity index (χ4v) is 2.50. The number of aromatic carboxylic acids is 1. The number of halogens is 1. The Kier molecular flexibility index (Phi) is 3.90. The van der Waals surface area contributed by atoms with E-state index in [0.717, 1.165) is 18.2 Å². The number of rotatable bonds is 3. The third-order valence-corrected chi connectivity index (χ3v) is 3.70. The van der Waals surface area contributed by atoms with Crippen LogP contribution >= 0.6 is 11.6 Å². The van der Waals surface area contributed by atoms with Gasteiger partial charge in [0.2, 0.25) is 0 Å². The van der Waals surface area contributed by atoms with Crippen LogP contribution in [0.15, 0.2) is 36.4 Å². The zero-order valence-corrected chi connectivity index (χ0v) is 13.0. The Morgan fingerprint density at radius 3 is 2.44 bits per heavy atom. The Labute approximate surface area is 144 Å². The number of phenols is 1. The fourth-order valence-electron chi connectivity index (χ4n) is 2.33. The Morgan fingerprint density at radius 1 is 1.04 bits per heavy atom. The highest BCUT2D eigenvalue weighted by molar-refractivity contribution is 6.31. The summed E-state index contributed by atoms with van der Waals surface area (Å²) in [6.45, 7) is 0. The lowest BCUT2D eigenvalue weighted by molar-refractivity contribution is -0.0586. The van der Waals surface area contributed by atoms with Gasteiger partial charge in [0.1, 0.15) is 11.3 Å². The summed E-state index contributed by atoms with van der Waals surface area (Å²) in [6.07, 6.45) is 0. The summed E-state index contributed by atoms with van der Waals surface area (Å²) in [6, 6.07) is 7.26. The number of carbonyl (C=O) groups is 4. The molecule has 0 fully saturated rings. The molecule has 2 aromatic carbocycles. The molecule has 1 aliphatic heterocycles. The summed E-state index contributed by atoms with van der Waals surface area (Å²) in [5, 5.41) is 19.1. The first-order valence-electron chi connectivity index (χ1n) is 6.77. The molecule has 1 heterocycles. The van der Waals surface area contributed by atoms with Gasteiger partial charge in [-0.25, -0.2) is 9.59 Å². The molecular formula is C16H8ClNO7. The second-order valence-corrected chi connectivity index (χ2v) is 5.41. The summed E-state index contributed by atoms with van der Waals surface area (Å²) in [7, 11) is 0. The van der Waals surface area contributed by atoms with Crippen molar-refractivity contribution in [2.24, 2.45) is 0 Å². The minimum atomic E-state index is -1.40. The van der Waals surface area contributed by atoms with Crippen LogP contribution in [0.25, 0.3) is 0 Å². The van der Waals surface area contributed by atoms with E-state index in [9.17, 15) is 24.3 Å². The minimum absolute atomic E-state index is 0.125. The lowest BCUT2D eigenvalue weighted by Gasteiger charge is -2.13. The molecule has 0 radical (unpaired) electrons. The standard InChI is InChI=1S/C16H8ClNO7/c17-7-4-5-11(19)10(6-7)16(24)25-18-13(20)8-2-1-3-9(15(22)23)12(8)14(18)21/h1-6,19H,(H,22,23). The molecule has 8 nitrogen and oxygen atoms in total. The van der Waals surface area contributed by atoms with Crippen LogP contribution in [0.4, 0.5) is 0 Å². The van der Waals surface area contributed by atoms with Crippen LogP contribution < -0.4 is 0 Å². The molecule has 0 aliphatic carbocycles. The average Bonchev–Trinajstić information content (AvgIpc) is 2.82. The van der Waals surface area contributed by atoms with E-state index in [1.165, 1.54) is 18.2 Å². The molecule has 9 heteroatoms. The number of benzene rings is 2. The molecule has 1 aliphatic rings. The number of hydrogen-bond donors (Lipinski definition) is 2. The summed E-state index contributed by atoms with van der Waals surface area (Å²) in [5.41, 5.74) is -1.32. The van der Waals surface area contributed by atoms with Crippen LogP contribution in [-0.2, 0) is 4.84 Å². The van der Waals surface area contributed by atoms with Crippen LogP contribution in [0.2, 0.25) is 5.02 Å². The van der Waals surface area contributed by atoms with E-state index in [2.05, 4.69) is 0 Å². The van der Waals surface area contributed by atoms with Crippen molar-refractivity contribution in [3.8, 4) is 5.75 Å². The Bertz CT molecular complexity index is 953. The zero-order valence-electron chi connectivity index (χ0n) is 12.2. The predicted molar refractivity (Wildman–Crippen MR) is 82.4 cm³/mol. The highest BCUT2D eigenvalue weighted by atomic mass is 35.5. The number of phenolic OH excluding ortho intramolecular Hbond substituents is 1. The van der Waals surface area contributed by atoms with Gasteiger partial charge in [0.05, 0.1) is 16.7 Å². The molecule has 0 aromatic heterocycles. The van der Waals surface area contributed by atoms with Crippen molar-refractivity contribution in [3.05, 3.63) is 63.7 Å².